The highest BCUT2D eigenvalue weighted by Gasteiger charge is 2.52. The Balaban J connectivity index is 0.000000137. The molecule has 276 valence electrons. The van der Waals surface area contributed by atoms with Crippen LogP contribution in [0.3, 0.4) is 0 Å². The third-order valence-corrected chi connectivity index (χ3v) is 12.4. The SMILES string of the molecule is Cc1nn(C)cc1-c1cc2c(Cl)ncnc2[nH]1.Cc1nn(C)cc1B1OC(C)(C)C(C)(C)O1.O=S(=O)(c1ccccc1)n1c(I)cc2c(Cl)ncnc21. The van der Waals surface area contributed by atoms with Gasteiger partial charge in [0.2, 0.25) is 0 Å². The molecule has 0 bridgehead atoms. The first kappa shape index (κ1) is 38.8. The molecule has 1 aliphatic rings. The van der Waals surface area contributed by atoms with Crippen LogP contribution in [0.25, 0.3) is 33.3 Å². The molecular formula is C34H36BCl2IN10O4S. The lowest BCUT2D eigenvalue weighted by Crippen LogP contribution is -2.41. The maximum atomic E-state index is 12.7. The zero-order valence-corrected chi connectivity index (χ0v) is 34.6. The van der Waals surface area contributed by atoms with Crippen LogP contribution in [0.1, 0.15) is 39.1 Å². The molecule has 8 rings (SSSR count). The second-order valence-corrected chi connectivity index (χ2v) is 16.9. The average Bonchev–Trinajstić information content (AvgIpc) is 3.88. The van der Waals surface area contributed by atoms with Crippen molar-refractivity contribution in [3.05, 3.63) is 92.9 Å². The maximum absolute atomic E-state index is 12.7. The van der Waals surface area contributed by atoms with E-state index in [0.29, 0.717) is 14.2 Å². The summed E-state index contributed by atoms with van der Waals surface area (Å²) >= 11 is 13.9. The Morgan fingerprint density at radius 3 is 1.96 bits per heavy atom. The van der Waals surface area contributed by atoms with Crippen LogP contribution in [-0.2, 0) is 33.4 Å². The Morgan fingerprint density at radius 1 is 0.811 bits per heavy atom. The standard InChI is InChI=1S/C12H7ClIN3O2S.C11H19BN2O2.C11H10ClN5/c13-11-9-6-10(14)17(12(9)16-7-15-11)20(18,19)8-4-2-1-3-5-8;1-8-9(7-14(6)13-8)12-15-10(2,3)11(4,5)16-12;1-6-8(4-17(2)16-6)9-3-7-10(12)13-5-14-11(7)15-9/h1-7H;7H,1-6H3;3-5H,1-2H3,(H,13,14,15). The number of aryl methyl sites for hydroxylation is 4. The third kappa shape index (κ3) is 7.73. The second kappa shape index (κ2) is 14.7. The molecule has 0 amide bonds. The van der Waals surface area contributed by atoms with Crippen LogP contribution in [0.5, 0.6) is 0 Å². The zero-order valence-electron chi connectivity index (χ0n) is 30.1. The average molecular weight is 889 g/mol. The summed E-state index contributed by atoms with van der Waals surface area (Å²) in [5.74, 6) is 0. The van der Waals surface area contributed by atoms with Crippen LogP contribution in [0, 0.1) is 17.5 Å². The van der Waals surface area contributed by atoms with Gasteiger partial charge in [-0.05, 0) is 88.4 Å². The van der Waals surface area contributed by atoms with E-state index >= 15 is 0 Å². The summed E-state index contributed by atoms with van der Waals surface area (Å²) in [4.78, 5) is 19.4. The normalized spacial score (nSPS) is 15.0. The fourth-order valence-electron chi connectivity index (χ4n) is 5.59. The van der Waals surface area contributed by atoms with Crippen LogP contribution >= 0.6 is 45.8 Å². The van der Waals surface area contributed by atoms with Gasteiger partial charge < -0.3 is 14.3 Å². The molecule has 53 heavy (non-hydrogen) atoms. The number of H-pyrrole nitrogens is 1. The van der Waals surface area contributed by atoms with Crippen LogP contribution in [0.4, 0.5) is 0 Å². The predicted octanol–water partition coefficient (Wildman–Crippen LogP) is 6.27. The highest BCUT2D eigenvalue weighted by molar-refractivity contribution is 14.1. The lowest BCUT2D eigenvalue weighted by atomic mass is 9.79. The quantitative estimate of drug-likeness (QED) is 0.121. The van der Waals surface area contributed by atoms with Gasteiger partial charge in [-0.3, -0.25) is 9.36 Å². The van der Waals surface area contributed by atoms with Gasteiger partial charge in [-0.2, -0.15) is 10.2 Å². The Kier molecular flexibility index (Phi) is 10.8. The van der Waals surface area contributed by atoms with Crippen molar-refractivity contribution in [2.45, 2.75) is 57.6 Å². The van der Waals surface area contributed by atoms with E-state index < -0.39 is 10.0 Å². The van der Waals surface area contributed by atoms with Gasteiger partial charge in [0, 0.05) is 37.5 Å². The Hall–Kier alpha value is -3.88. The van der Waals surface area contributed by atoms with Crippen molar-refractivity contribution in [1.29, 1.82) is 0 Å². The molecule has 19 heteroatoms. The Bertz CT molecular complexity index is 2540. The van der Waals surface area contributed by atoms with Crippen LogP contribution in [0.2, 0.25) is 10.3 Å². The minimum absolute atomic E-state index is 0.199. The molecule has 1 N–H and O–H groups in total. The van der Waals surface area contributed by atoms with Gasteiger partial charge in [-0.1, -0.05) is 41.4 Å². The molecule has 0 aliphatic carbocycles. The molecule has 1 aliphatic heterocycles. The molecule has 0 radical (unpaired) electrons. The van der Waals surface area contributed by atoms with Gasteiger partial charge in [0.25, 0.3) is 10.0 Å². The van der Waals surface area contributed by atoms with Crippen molar-refractivity contribution in [2.24, 2.45) is 14.1 Å². The molecule has 7 aromatic rings. The first-order valence-corrected chi connectivity index (χ1v) is 19.5. The van der Waals surface area contributed by atoms with Crippen LogP contribution in [-0.4, -0.2) is 75.2 Å². The molecule has 1 aromatic carbocycles. The number of nitrogens with one attached hydrogen (secondary N) is 1. The zero-order chi connectivity index (χ0) is 38.5. The van der Waals surface area contributed by atoms with E-state index in [1.807, 2.05) is 69.0 Å². The molecule has 0 atom stereocenters. The largest absolute Gasteiger partial charge is 0.498 e. The van der Waals surface area contributed by atoms with E-state index in [1.165, 1.54) is 16.6 Å². The van der Waals surface area contributed by atoms with Gasteiger partial charge in [0.15, 0.2) is 5.65 Å². The molecule has 14 nitrogen and oxygen atoms in total. The van der Waals surface area contributed by atoms with E-state index in [0.717, 1.165) is 39.1 Å². The molecule has 6 aromatic heterocycles. The van der Waals surface area contributed by atoms with E-state index in [4.69, 9.17) is 32.5 Å². The number of aromatic amines is 1. The molecule has 0 spiro atoms. The van der Waals surface area contributed by atoms with Gasteiger partial charge in [-0.25, -0.2) is 32.3 Å². The third-order valence-electron chi connectivity index (χ3n) is 8.98. The highest BCUT2D eigenvalue weighted by Crippen LogP contribution is 2.36. The van der Waals surface area contributed by atoms with Gasteiger partial charge in [-0.15, -0.1) is 0 Å². The summed E-state index contributed by atoms with van der Waals surface area (Å²) in [5, 5.41) is 10.6. The van der Waals surface area contributed by atoms with Crippen molar-refractivity contribution >= 4 is 90.5 Å². The lowest BCUT2D eigenvalue weighted by Gasteiger charge is -2.32. The number of halogens is 3. The number of hydrogen-bond acceptors (Lipinski definition) is 10. The Labute approximate surface area is 330 Å². The van der Waals surface area contributed by atoms with E-state index in [2.05, 4.69) is 62.8 Å². The molecule has 7 heterocycles. The molecule has 0 saturated carbocycles. The number of benzene rings is 1. The van der Waals surface area contributed by atoms with Gasteiger partial charge in [0.05, 0.1) is 47.7 Å². The minimum atomic E-state index is -3.71. The van der Waals surface area contributed by atoms with Crippen molar-refractivity contribution in [3.63, 3.8) is 0 Å². The first-order valence-electron chi connectivity index (χ1n) is 16.2. The van der Waals surface area contributed by atoms with Gasteiger partial charge >= 0.3 is 7.12 Å². The van der Waals surface area contributed by atoms with Gasteiger partial charge in [0.1, 0.15) is 28.6 Å². The first-order chi connectivity index (χ1) is 24.9. The minimum Gasteiger partial charge on any atom is -0.399 e. The molecule has 0 unspecified atom stereocenters. The number of rotatable bonds is 4. The summed E-state index contributed by atoms with van der Waals surface area (Å²) in [6, 6.07) is 11.8. The van der Waals surface area contributed by atoms with Crippen molar-refractivity contribution in [1.82, 2.24) is 48.5 Å². The topological polar surface area (TPSA) is 161 Å². The summed E-state index contributed by atoms with van der Waals surface area (Å²) in [6.07, 6.45) is 6.61. The number of aromatic nitrogens is 10. The van der Waals surface area contributed by atoms with Crippen LogP contribution in [0.15, 0.2) is 72.4 Å². The lowest BCUT2D eigenvalue weighted by molar-refractivity contribution is 0.00578. The number of fused-ring (bicyclic) bond motifs is 2. The Morgan fingerprint density at radius 2 is 1.40 bits per heavy atom. The fourth-order valence-corrected chi connectivity index (χ4v) is 8.65. The predicted molar refractivity (Wildman–Crippen MR) is 214 cm³/mol. The summed E-state index contributed by atoms with van der Waals surface area (Å²) in [5.41, 5.74) is 5.36. The van der Waals surface area contributed by atoms with Crippen molar-refractivity contribution in [3.8, 4) is 11.3 Å². The molecular weight excluding hydrogens is 853 g/mol. The number of hydrogen-bond donors (Lipinski definition) is 1. The maximum Gasteiger partial charge on any atom is 0.498 e. The summed E-state index contributed by atoms with van der Waals surface area (Å²) < 4.78 is 42.6. The van der Waals surface area contributed by atoms with Crippen LogP contribution < -0.4 is 5.46 Å². The summed E-state index contributed by atoms with van der Waals surface area (Å²) in [6.45, 7) is 12.2. The monoisotopic (exact) mass is 888 g/mol. The van der Waals surface area contributed by atoms with E-state index in [9.17, 15) is 8.42 Å². The highest BCUT2D eigenvalue weighted by atomic mass is 127. The van der Waals surface area contributed by atoms with E-state index in [-0.39, 0.29) is 34.0 Å². The number of nitrogens with zero attached hydrogens (tertiary/aromatic N) is 9. The molecule has 1 fully saturated rings. The van der Waals surface area contributed by atoms with E-state index in [1.54, 1.807) is 45.8 Å². The smallest absolute Gasteiger partial charge is 0.399 e. The molecule has 1 saturated heterocycles. The second-order valence-electron chi connectivity index (χ2n) is 13.3. The fraction of sp³-hybridized carbons (Fsp3) is 0.294. The van der Waals surface area contributed by atoms with Crippen molar-refractivity contribution < 1.29 is 17.7 Å². The van der Waals surface area contributed by atoms with Crippen molar-refractivity contribution in [2.75, 3.05) is 0 Å². The summed E-state index contributed by atoms with van der Waals surface area (Å²) in [7, 11) is -0.217.